The Morgan fingerprint density at radius 3 is 1.94 bits per heavy atom. The van der Waals surface area contributed by atoms with Crippen molar-refractivity contribution < 1.29 is 0 Å². The number of hydrogen-bond acceptors (Lipinski definition) is 2. The van der Waals surface area contributed by atoms with Gasteiger partial charge in [-0.3, -0.25) is 0 Å². The van der Waals surface area contributed by atoms with Crippen molar-refractivity contribution in [2.45, 2.75) is 65.1 Å². The van der Waals surface area contributed by atoms with E-state index in [2.05, 4.69) is 44.8 Å². The highest BCUT2D eigenvalue weighted by atomic mass is 15.2. The molecule has 1 N–H and O–H groups in total. The molecule has 0 aromatic heterocycles. The van der Waals surface area contributed by atoms with E-state index >= 15 is 0 Å². The predicted octanol–water partition coefficient (Wildman–Crippen LogP) is 2.49. The van der Waals surface area contributed by atoms with Crippen molar-refractivity contribution in [2.75, 3.05) is 13.1 Å². The standard InChI is InChI=1S/C14H28N2/c1-10(2)16-8-11-6-13(7-12(11)9-16)15-14(3,4)5/h10-13,15H,6-9H2,1-5H3. The molecule has 0 aromatic carbocycles. The first-order valence-electron chi connectivity index (χ1n) is 6.87. The average molecular weight is 224 g/mol. The number of fused-ring (bicyclic) bond motifs is 1. The molecule has 0 bridgehead atoms. The summed E-state index contributed by atoms with van der Waals surface area (Å²) in [4.78, 5) is 2.66. The van der Waals surface area contributed by atoms with Gasteiger partial charge in [0.2, 0.25) is 0 Å². The molecule has 2 heteroatoms. The highest BCUT2D eigenvalue weighted by Gasteiger charge is 2.41. The lowest BCUT2D eigenvalue weighted by Gasteiger charge is -2.28. The summed E-state index contributed by atoms with van der Waals surface area (Å²) in [6.07, 6.45) is 2.79. The number of hydrogen-bond donors (Lipinski definition) is 1. The Balaban J connectivity index is 1.84. The summed E-state index contributed by atoms with van der Waals surface area (Å²) in [5, 5.41) is 3.77. The van der Waals surface area contributed by atoms with Gasteiger partial charge in [0.05, 0.1) is 0 Å². The van der Waals surface area contributed by atoms with Crippen LogP contribution in [0.25, 0.3) is 0 Å². The zero-order chi connectivity index (χ0) is 11.9. The van der Waals surface area contributed by atoms with E-state index in [1.807, 2.05) is 0 Å². The molecule has 1 heterocycles. The highest BCUT2D eigenvalue weighted by molar-refractivity contribution is 4.97. The van der Waals surface area contributed by atoms with Gasteiger partial charge in [0.15, 0.2) is 0 Å². The molecule has 94 valence electrons. The molecule has 2 rings (SSSR count). The lowest BCUT2D eigenvalue weighted by Crippen LogP contribution is -2.43. The molecule has 2 fully saturated rings. The van der Waals surface area contributed by atoms with Crippen LogP contribution in [-0.2, 0) is 0 Å². The van der Waals surface area contributed by atoms with Crippen molar-refractivity contribution in [3.8, 4) is 0 Å². The monoisotopic (exact) mass is 224 g/mol. The van der Waals surface area contributed by atoms with Crippen molar-refractivity contribution in [1.82, 2.24) is 10.2 Å². The molecule has 0 radical (unpaired) electrons. The summed E-state index contributed by atoms with van der Waals surface area (Å²) < 4.78 is 0. The van der Waals surface area contributed by atoms with Crippen LogP contribution in [-0.4, -0.2) is 35.6 Å². The second-order valence-electron chi connectivity index (χ2n) is 7.13. The van der Waals surface area contributed by atoms with Gasteiger partial charge >= 0.3 is 0 Å². The van der Waals surface area contributed by atoms with Crippen LogP contribution in [0.15, 0.2) is 0 Å². The molecular formula is C14H28N2. The first-order valence-corrected chi connectivity index (χ1v) is 6.87. The van der Waals surface area contributed by atoms with E-state index in [-0.39, 0.29) is 5.54 Å². The molecule has 0 spiro atoms. The zero-order valence-corrected chi connectivity index (χ0v) is 11.6. The van der Waals surface area contributed by atoms with Crippen molar-refractivity contribution in [2.24, 2.45) is 11.8 Å². The van der Waals surface area contributed by atoms with E-state index in [0.717, 1.165) is 23.9 Å². The van der Waals surface area contributed by atoms with E-state index in [1.165, 1.54) is 25.9 Å². The number of likely N-dealkylation sites (tertiary alicyclic amines) is 1. The molecule has 2 nitrogen and oxygen atoms in total. The molecular weight excluding hydrogens is 196 g/mol. The SMILES string of the molecule is CC(C)N1CC2CC(NC(C)(C)C)CC2C1. The Morgan fingerprint density at radius 2 is 1.56 bits per heavy atom. The van der Waals surface area contributed by atoms with Crippen LogP contribution >= 0.6 is 0 Å². The van der Waals surface area contributed by atoms with Crippen molar-refractivity contribution in [3.05, 3.63) is 0 Å². The summed E-state index contributed by atoms with van der Waals surface area (Å²) in [6.45, 7) is 14.2. The molecule has 16 heavy (non-hydrogen) atoms. The van der Waals surface area contributed by atoms with Gasteiger partial charge in [-0.25, -0.2) is 0 Å². The summed E-state index contributed by atoms with van der Waals surface area (Å²) in [7, 11) is 0. The van der Waals surface area contributed by atoms with Gasteiger partial charge in [0.25, 0.3) is 0 Å². The molecule has 1 saturated carbocycles. The second-order valence-corrected chi connectivity index (χ2v) is 7.13. The normalized spacial score (nSPS) is 36.0. The minimum absolute atomic E-state index is 0.279. The molecule has 1 saturated heterocycles. The van der Waals surface area contributed by atoms with Crippen LogP contribution in [0.3, 0.4) is 0 Å². The van der Waals surface area contributed by atoms with E-state index in [0.29, 0.717) is 0 Å². The largest absolute Gasteiger partial charge is 0.309 e. The maximum atomic E-state index is 3.77. The van der Waals surface area contributed by atoms with Crippen LogP contribution in [0.1, 0.15) is 47.5 Å². The summed E-state index contributed by atoms with van der Waals surface area (Å²) in [5.41, 5.74) is 0.279. The van der Waals surface area contributed by atoms with Gasteiger partial charge in [-0.05, 0) is 59.3 Å². The smallest absolute Gasteiger partial charge is 0.00991 e. The molecule has 2 atom stereocenters. The molecule has 0 amide bonds. The fourth-order valence-corrected chi connectivity index (χ4v) is 3.49. The molecule has 1 aliphatic heterocycles. The zero-order valence-electron chi connectivity index (χ0n) is 11.6. The Labute approximate surface area is 101 Å². The predicted molar refractivity (Wildman–Crippen MR) is 69.6 cm³/mol. The fraction of sp³-hybridized carbons (Fsp3) is 1.00. The van der Waals surface area contributed by atoms with Crippen LogP contribution in [0.2, 0.25) is 0 Å². The first-order chi connectivity index (χ1) is 7.35. The second kappa shape index (κ2) is 4.30. The number of rotatable bonds is 2. The minimum atomic E-state index is 0.279. The Bertz CT molecular complexity index is 228. The van der Waals surface area contributed by atoms with Gasteiger partial charge in [-0.1, -0.05) is 0 Å². The molecule has 0 aromatic rings. The highest BCUT2D eigenvalue weighted by Crippen LogP contribution is 2.39. The third-order valence-electron chi connectivity index (χ3n) is 4.15. The van der Waals surface area contributed by atoms with Gasteiger partial charge in [0, 0.05) is 30.7 Å². The maximum absolute atomic E-state index is 3.77. The van der Waals surface area contributed by atoms with Crippen LogP contribution in [0.5, 0.6) is 0 Å². The van der Waals surface area contributed by atoms with Gasteiger partial charge in [0.1, 0.15) is 0 Å². The van der Waals surface area contributed by atoms with Crippen molar-refractivity contribution >= 4 is 0 Å². The molecule has 1 aliphatic carbocycles. The van der Waals surface area contributed by atoms with E-state index < -0.39 is 0 Å². The van der Waals surface area contributed by atoms with E-state index in [1.54, 1.807) is 0 Å². The maximum Gasteiger partial charge on any atom is 0.00991 e. The topological polar surface area (TPSA) is 15.3 Å². The van der Waals surface area contributed by atoms with Crippen molar-refractivity contribution in [3.63, 3.8) is 0 Å². The third-order valence-corrected chi connectivity index (χ3v) is 4.15. The number of nitrogens with one attached hydrogen (secondary N) is 1. The van der Waals surface area contributed by atoms with Crippen LogP contribution in [0, 0.1) is 11.8 Å². The fourth-order valence-electron chi connectivity index (χ4n) is 3.49. The summed E-state index contributed by atoms with van der Waals surface area (Å²) in [5.74, 6) is 1.92. The minimum Gasteiger partial charge on any atom is -0.309 e. The van der Waals surface area contributed by atoms with E-state index in [4.69, 9.17) is 0 Å². The van der Waals surface area contributed by atoms with Crippen molar-refractivity contribution in [1.29, 1.82) is 0 Å². The summed E-state index contributed by atoms with van der Waals surface area (Å²) in [6, 6.07) is 1.50. The third kappa shape index (κ3) is 2.78. The van der Waals surface area contributed by atoms with Crippen LogP contribution in [0.4, 0.5) is 0 Å². The Morgan fingerprint density at radius 1 is 1.06 bits per heavy atom. The average Bonchev–Trinajstić information content (AvgIpc) is 2.56. The Hall–Kier alpha value is -0.0800. The Kier molecular flexibility index (Phi) is 3.33. The lowest BCUT2D eigenvalue weighted by molar-refractivity contribution is 0.242. The molecule has 2 unspecified atom stereocenters. The van der Waals surface area contributed by atoms with Gasteiger partial charge in [-0.15, -0.1) is 0 Å². The van der Waals surface area contributed by atoms with Gasteiger partial charge in [-0.2, -0.15) is 0 Å². The molecule has 2 aliphatic rings. The van der Waals surface area contributed by atoms with E-state index in [9.17, 15) is 0 Å². The lowest BCUT2D eigenvalue weighted by atomic mass is 10.0. The first kappa shape index (κ1) is 12.4. The quantitative estimate of drug-likeness (QED) is 0.775. The van der Waals surface area contributed by atoms with Gasteiger partial charge < -0.3 is 10.2 Å². The summed E-state index contributed by atoms with van der Waals surface area (Å²) >= 11 is 0. The number of nitrogens with zero attached hydrogens (tertiary/aromatic N) is 1. The van der Waals surface area contributed by atoms with Crippen LogP contribution < -0.4 is 5.32 Å².